The molecule has 3 nitrogen and oxygen atoms in total. The molecule has 2 aromatic rings. The number of nitrogens with zero attached hydrogens (tertiary/aromatic N) is 1. The molecule has 0 aliphatic carbocycles. The summed E-state index contributed by atoms with van der Waals surface area (Å²) in [5.74, 6) is -0.993. The highest BCUT2D eigenvalue weighted by Gasteiger charge is 2.04. The highest BCUT2D eigenvalue weighted by atomic mass is 16.4. The Morgan fingerprint density at radius 1 is 1.29 bits per heavy atom. The summed E-state index contributed by atoms with van der Waals surface area (Å²) in [6, 6.07) is 7.41. The summed E-state index contributed by atoms with van der Waals surface area (Å²) in [6.07, 6.45) is 1.59. The maximum Gasteiger partial charge on any atom is 0.354 e. The summed E-state index contributed by atoms with van der Waals surface area (Å²) in [5.41, 5.74) is 1.23. The first-order chi connectivity index (χ1) is 6.66. The van der Waals surface area contributed by atoms with E-state index in [1.807, 2.05) is 25.1 Å². The van der Waals surface area contributed by atoms with E-state index >= 15 is 0 Å². The molecule has 0 spiro atoms. The summed E-state index contributed by atoms with van der Waals surface area (Å²) in [7, 11) is 0. The molecule has 0 saturated carbocycles. The molecule has 14 heavy (non-hydrogen) atoms. The maximum absolute atomic E-state index is 10.6. The average Bonchev–Trinajstić information content (AvgIpc) is 2.16. The maximum atomic E-state index is 10.6. The molecule has 0 aliphatic heterocycles. The Hall–Kier alpha value is -1.90. The number of aromatic nitrogens is 1. The number of benzene rings is 1. The number of pyridine rings is 1. The molecule has 0 bridgehead atoms. The molecule has 2 rings (SSSR count). The van der Waals surface area contributed by atoms with E-state index in [2.05, 4.69) is 4.98 Å². The van der Waals surface area contributed by atoms with Gasteiger partial charge < -0.3 is 5.11 Å². The molecular weight excluding hydrogens is 178 g/mol. The van der Waals surface area contributed by atoms with Crippen molar-refractivity contribution in [1.29, 1.82) is 0 Å². The van der Waals surface area contributed by atoms with Crippen molar-refractivity contribution in [3.05, 3.63) is 41.7 Å². The van der Waals surface area contributed by atoms with Crippen molar-refractivity contribution in [1.82, 2.24) is 4.98 Å². The van der Waals surface area contributed by atoms with Crippen LogP contribution in [0, 0.1) is 6.92 Å². The SMILES string of the molecule is Cc1ccc2cc(C(=O)O)ncc2c1. The standard InChI is InChI=1S/C11H9NO2/c1-7-2-3-8-5-10(11(13)14)12-6-9(8)4-7/h2-6H,1H3,(H,13,14). The summed E-state index contributed by atoms with van der Waals surface area (Å²) in [4.78, 5) is 14.5. The third-order valence-electron chi connectivity index (χ3n) is 2.10. The summed E-state index contributed by atoms with van der Waals surface area (Å²) < 4.78 is 0. The lowest BCUT2D eigenvalue weighted by atomic mass is 10.1. The van der Waals surface area contributed by atoms with E-state index in [1.54, 1.807) is 12.3 Å². The van der Waals surface area contributed by atoms with E-state index in [1.165, 1.54) is 0 Å². The second-order valence-corrected chi connectivity index (χ2v) is 3.23. The van der Waals surface area contributed by atoms with E-state index < -0.39 is 5.97 Å². The number of hydrogen-bond donors (Lipinski definition) is 1. The predicted octanol–water partition coefficient (Wildman–Crippen LogP) is 2.24. The molecule has 1 heterocycles. The largest absolute Gasteiger partial charge is 0.477 e. The third kappa shape index (κ3) is 1.44. The highest BCUT2D eigenvalue weighted by molar-refractivity contribution is 5.92. The number of fused-ring (bicyclic) bond motifs is 1. The second-order valence-electron chi connectivity index (χ2n) is 3.23. The van der Waals surface area contributed by atoms with Crippen molar-refractivity contribution in [3.63, 3.8) is 0 Å². The van der Waals surface area contributed by atoms with Crippen molar-refractivity contribution in [2.24, 2.45) is 0 Å². The highest BCUT2D eigenvalue weighted by Crippen LogP contribution is 2.15. The topological polar surface area (TPSA) is 50.2 Å². The van der Waals surface area contributed by atoms with Gasteiger partial charge >= 0.3 is 5.97 Å². The molecule has 3 heteroatoms. The van der Waals surface area contributed by atoms with Gasteiger partial charge in [-0.1, -0.05) is 17.7 Å². The minimum Gasteiger partial charge on any atom is -0.477 e. The van der Waals surface area contributed by atoms with Crippen LogP contribution in [-0.4, -0.2) is 16.1 Å². The van der Waals surface area contributed by atoms with Crippen molar-refractivity contribution in [2.75, 3.05) is 0 Å². The number of carboxylic acid groups (broad SMARTS) is 1. The van der Waals surface area contributed by atoms with Crippen LogP contribution < -0.4 is 0 Å². The lowest BCUT2D eigenvalue weighted by Gasteiger charge is -1.99. The van der Waals surface area contributed by atoms with E-state index in [-0.39, 0.29) is 5.69 Å². The van der Waals surface area contributed by atoms with Gasteiger partial charge in [0.15, 0.2) is 0 Å². The number of rotatable bonds is 1. The lowest BCUT2D eigenvalue weighted by molar-refractivity contribution is 0.0691. The normalized spacial score (nSPS) is 10.4. The van der Waals surface area contributed by atoms with Crippen LogP contribution in [0.4, 0.5) is 0 Å². The van der Waals surface area contributed by atoms with Crippen molar-refractivity contribution >= 4 is 16.7 Å². The molecule has 1 N–H and O–H groups in total. The van der Waals surface area contributed by atoms with E-state index in [0.717, 1.165) is 16.3 Å². The predicted molar refractivity (Wildman–Crippen MR) is 53.4 cm³/mol. The van der Waals surface area contributed by atoms with Gasteiger partial charge in [-0.15, -0.1) is 0 Å². The molecule has 0 unspecified atom stereocenters. The number of aryl methyl sites for hydroxylation is 1. The smallest absolute Gasteiger partial charge is 0.354 e. The van der Waals surface area contributed by atoms with Gasteiger partial charge in [0.05, 0.1) is 0 Å². The fourth-order valence-electron chi connectivity index (χ4n) is 1.38. The Morgan fingerprint density at radius 2 is 2.07 bits per heavy atom. The Labute approximate surface area is 81.0 Å². The molecule has 1 aromatic carbocycles. The van der Waals surface area contributed by atoms with Gasteiger partial charge in [0.2, 0.25) is 0 Å². The number of carboxylic acids is 1. The van der Waals surface area contributed by atoms with Gasteiger partial charge in [-0.2, -0.15) is 0 Å². The minimum absolute atomic E-state index is 0.0846. The van der Waals surface area contributed by atoms with Crippen LogP contribution in [0.25, 0.3) is 10.8 Å². The molecule has 0 radical (unpaired) electrons. The van der Waals surface area contributed by atoms with Gasteiger partial charge in [0.1, 0.15) is 5.69 Å². The Bertz CT molecular complexity index is 506. The van der Waals surface area contributed by atoms with Crippen LogP contribution in [0.1, 0.15) is 16.1 Å². The zero-order valence-corrected chi connectivity index (χ0v) is 7.69. The summed E-state index contributed by atoms with van der Waals surface area (Å²) in [5, 5.41) is 10.6. The van der Waals surface area contributed by atoms with Crippen LogP contribution in [0.3, 0.4) is 0 Å². The van der Waals surface area contributed by atoms with Crippen LogP contribution in [0.15, 0.2) is 30.5 Å². The van der Waals surface area contributed by atoms with E-state index in [9.17, 15) is 4.79 Å². The molecule has 0 saturated heterocycles. The van der Waals surface area contributed by atoms with Crippen LogP contribution in [-0.2, 0) is 0 Å². The fraction of sp³-hybridized carbons (Fsp3) is 0.0909. The molecule has 0 fully saturated rings. The zero-order chi connectivity index (χ0) is 10.1. The van der Waals surface area contributed by atoms with E-state index in [4.69, 9.17) is 5.11 Å². The first-order valence-electron chi connectivity index (χ1n) is 4.26. The quantitative estimate of drug-likeness (QED) is 0.744. The Balaban J connectivity index is 2.67. The van der Waals surface area contributed by atoms with Gasteiger partial charge in [-0.25, -0.2) is 9.78 Å². The number of aromatic carboxylic acids is 1. The minimum atomic E-state index is -0.993. The fourth-order valence-corrected chi connectivity index (χ4v) is 1.38. The van der Waals surface area contributed by atoms with Gasteiger partial charge in [0, 0.05) is 11.6 Å². The monoisotopic (exact) mass is 187 g/mol. The molecule has 0 aliphatic rings. The molecule has 0 atom stereocenters. The third-order valence-corrected chi connectivity index (χ3v) is 2.10. The molecule has 70 valence electrons. The van der Waals surface area contributed by atoms with Gasteiger partial charge in [-0.3, -0.25) is 0 Å². The van der Waals surface area contributed by atoms with E-state index in [0.29, 0.717) is 0 Å². The van der Waals surface area contributed by atoms with Crippen LogP contribution in [0.2, 0.25) is 0 Å². The van der Waals surface area contributed by atoms with Crippen molar-refractivity contribution < 1.29 is 9.90 Å². The number of hydrogen-bond acceptors (Lipinski definition) is 2. The Morgan fingerprint density at radius 3 is 2.79 bits per heavy atom. The van der Waals surface area contributed by atoms with Crippen molar-refractivity contribution in [2.45, 2.75) is 6.92 Å². The Kier molecular flexibility index (Phi) is 1.93. The summed E-state index contributed by atoms with van der Waals surface area (Å²) >= 11 is 0. The molecule has 1 aromatic heterocycles. The van der Waals surface area contributed by atoms with Crippen LogP contribution >= 0.6 is 0 Å². The van der Waals surface area contributed by atoms with Gasteiger partial charge in [-0.05, 0) is 24.4 Å². The summed E-state index contributed by atoms with van der Waals surface area (Å²) in [6.45, 7) is 1.99. The van der Waals surface area contributed by atoms with Crippen molar-refractivity contribution in [3.8, 4) is 0 Å². The first-order valence-corrected chi connectivity index (χ1v) is 4.26. The van der Waals surface area contributed by atoms with Gasteiger partial charge in [0.25, 0.3) is 0 Å². The lowest BCUT2D eigenvalue weighted by Crippen LogP contribution is -1.99. The van der Waals surface area contributed by atoms with Crippen LogP contribution in [0.5, 0.6) is 0 Å². The number of carbonyl (C=O) groups is 1. The molecular formula is C11H9NO2. The first kappa shape index (κ1) is 8.69. The second kappa shape index (κ2) is 3.10. The molecule has 0 amide bonds. The zero-order valence-electron chi connectivity index (χ0n) is 7.69. The average molecular weight is 187 g/mol.